The summed E-state index contributed by atoms with van der Waals surface area (Å²) in [5.74, 6) is 0. The van der Waals surface area contributed by atoms with Crippen LogP contribution in [0, 0.1) is 0 Å². The minimum atomic E-state index is -0.197. The van der Waals surface area contributed by atoms with Crippen LogP contribution in [0.5, 0.6) is 0 Å². The van der Waals surface area contributed by atoms with Gasteiger partial charge in [0.1, 0.15) is 0 Å². The third-order valence-corrected chi connectivity index (χ3v) is 5.11. The Kier molecular flexibility index (Phi) is 3.92. The number of nitrogens with zero attached hydrogens (tertiary/aromatic N) is 1. The van der Waals surface area contributed by atoms with Crippen molar-refractivity contribution in [3.8, 4) is 0 Å². The van der Waals surface area contributed by atoms with Crippen molar-refractivity contribution in [2.45, 2.75) is 9.79 Å². The third kappa shape index (κ3) is 2.75. The van der Waals surface area contributed by atoms with Gasteiger partial charge in [0.25, 0.3) is 0 Å². The molecule has 0 aliphatic carbocycles. The number of fused-ring (bicyclic) bond motifs is 2. The average Bonchev–Trinajstić information content (AvgIpc) is 2.61. The molecule has 0 spiro atoms. The van der Waals surface area contributed by atoms with E-state index in [2.05, 4.69) is 5.32 Å². The maximum atomic E-state index is 13.0. The number of para-hydroxylation sites is 2. The molecule has 1 aliphatic heterocycles. The van der Waals surface area contributed by atoms with Crippen molar-refractivity contribution in [1.29, 1.82) is 0 Å². The van der Waals surface area contributed by atoms with E-state index in [1.54, 1.807) is 40.9 Å². The van der Waals surface area contributed by atoms with Crippen LogP contribution in [0.1, 0.15) is 0 Å². The first kappa shape index (κ1) is 15.1. The molecule has 0 radical (unpaired) electrons. The van der Waals surface area contributed by atoms with Crippen molar-refractivity contribution in [2.24, 2.45) is 0 Å². The summed E-state index contributed by atoms with van der Waals surface area (Å²) in [6, 6.07) is 22.7. The summed E-state index contributed by atoms with van der Waals surface area (Å²) in [7, 11) is 0. The van der Waals surface area contributed by atoms with Gasteiger partial charge in [-0.15, -0.1) is 0 Å². The zero-order chi connectivity index (χ0) is 16.5. The Balaban J connectivity index is 1.74. The summed E-state index contributed by atoms with van der Waals surface area (Å²) in [6.07, 6.45) is 0. The maximum absolute atomic E-state index is 13.0. The lowest BCUT2D eigenvalue weighted by Crippen LogP contribution is -2.32. The van der Waals surface area contributed by atoms with Gasteiger partial charge >= 0.3 is 6.03 Å². The molecule has 3 nitrogen and oxygen atoms in total. The minimum Gasteiger partial charge on any atom is -0.307 e. The fraction of sp³-hybridized carbons (Fsp3) is 0. The van der Waals surface area contributed by atoms with Crippen LogP contribution in [0.15, 0.2) is 82.6 Å². The maximum Gasteiger partial charge on any atom is 0.331 e. The second kappa shape index (κ2) is 6.23. The van der Waals surface area contributed by atoms with E-state index in [0.29, 0.717) is 10.7 Å². The first-order chi connectivity index (χ1) is 11.7. The van der Waals surface area contributed by atoms with Gasteiger partial charge < -0.3 is 5.32 Å². The summed E-state index contributed by atoms with van der Waals surface area (Å²) >= 11 is 7.58. The summed E-state index contributed by atoms with van der Waals surface area (Å²) in [5, 5.41) is 3.58. The smallest absolute Gasteiger partial charge is 0.307 e. The minimum absolute atomic E-state index is 0.197. The zero-order valence-corrected chi connectivity index (χ0v) is 14.1. The molecule has 24 heavy (non-hydrogen) atoms. The highest BCUT2D eigenvalue weighted by Gasteiger charge is 2.27. The molecule has 2 amide bonds. The lowest BCUT2D eigenvalue weighted by molar-refractivity contribution is 0.259. The highest BCUT2D eigenvalue weighted by atomic mass is 35.5. The van der Waals surface area contributed by atoms with Gasteiger partial charge in [-0.1, -0.05) is 47.6 Å². The van der Waals surface area contributed by atoms with E-state index in [-0.39, 0.29) is 6.03 Å². The second-order valence-electron chi connectivity index (χ2n) is 5.31. The molecule has 0 fully saturated rings. The van der Waals surface area contributed by atoms with E-state index in [1.807, 2.05) is 48.5 Å². The number of nitrogens with one attached hydrogen (secondary N) is 1. The number of halogens is 1. The summed E-state index contributed by atoms with van der Waals surface area (Å²) < 4.78 is 0. The average molecular weight is 353 g/mol. The number of benzene rings is 3. The first-order valence-corrected chi connectivity index (χ1v) is 8.64. The molecule has 0 unspecified atom stereocenters. The molecule has 1 aliphatic rings. The highest BCUT2D eigenvalue weighted by Crippen LogP contribution is 2.47. The van der Waals surface area contributed by atoms with Crippen LogP contribution in [-0.2, 0) is 0 Å². The third-order valence-electron chi connectivity index (χ3n) is 3.73. The Morgan fingerprint density at radius 2 is 1.38 bits per heavy atom. The van der Waals surface area contributed by atoms with Gasteiger partial charge in [0, 0.05) is 20.5 Å². The van der Waals surface area contributed by atoms with E-state index >= 15 is 0 Å². The van der Waals surface area contributed by atoms with Crippen LogP contribution >= 0.6 is 23.4 Å². The van der Waals surface area contributed by atoms with Crippen LogP contribution in [0.2, 0.25) is 5.02 Å². The summed E-state index contributed by atoms with van der Waals surface area (Å²) in [4.78, 5) is 16.8. The topological polar surface area (TPSA) is 32.3 Å². The Bertz CT molecular complexity index is 866. The van der Waals surface area contributed by atoms with Gasteiger partial charge in [-0.2, -0.15) is 0 Å². The van der Waals surface area contributed by atoms with E-state index in [1.165, 1.54) is 0 Å². The van der Waals surface area contributed by atoms with Crippen LogP contribution in [-0.4, -0.2) is 6.03 Å². The van der Waals surface area contributed by atoms with Crippen molar-refractivity contribution < 1.29 is 4.79 Å². The molecule has 118 valence electrons. The van der Waals surface area contributed by atoms with Crippen molar-refractivity contribution >= 4 is 46.5 Å². The van der Waals surface area contributed by atoms with E-state index < -0.39 is 0 Å². The van der Waals surface area contributed by atoms with Crippen LogP contribution < -0.4 is 10.2 Å². The first-order valence-electron chi connectivity index (χ1n) is 7.45. The molecule has 1 heterocycles. The van der Waals surface area contributed by atoms with Gasteiger partial charge in [0.05, 0.1) is 11.4 Å². The molecule has 1 N–H and O–H groups in total. The van der Waals surface area contributed by atoms with Crippen molar-refractivity contribution in [3.63, 3.8) is 0 Å². The standard InChI is InChI=1S/C19H13ClN2OS/c20-13-9-11-14(12-10-13)21-19(23)22-15-5-1-3-7-17(15)24-18-8-4-2-6-16(18)22/h1-12H,(H,21,23). The summed E-state index contributed by atoms with van der Waals surface area (Å²) in [6.45, 7) is 0. The van der Waals surface area contributed by atoms with Crippen LogP contribution in [0.4, 0.5) is 21.9 Å². The van der Waals surface area contributed by atoms with Gasteiger partial charge in [0.15, 0.2) is 0 Å². The highest BCUT2D eigenvalue weighted by molar-refractivity contribution is 7.99. The Morgan fingerprint density at radius 1 is 0.833 bits per heavy atom. The number of carbonyl (C=O) groups excluding carboxylic acids is 1. The van der Waals surface area contributed by atoms with Gasteiger partial charge in [0.2, 0.25) is 0 Å². The molecule has 0 bridgehead atoms. The Hall–Kier alpha value is -2.43. The molecule has 4 rings (SSSR count). The number of rotatable bonds is 1. The number of amides is 2. The quantitative estimate of drug-likeness (QED) is 0.567. The van der Waals surface area contributed by atoms with E-state index in [0.717, 1.165) is 21.2 Å². The fourth-order valence-electron chi connectivity index (χ4n) is 2.64. The predicted molar refractivity (Wildman–Crippen MR) is 99.6 cm³/mol. The number of urea groups is 1. The molecule has 0 atom stereocenters. The summed E-state index contributed by atoms with van der Waals surface area (Å²) in [5.41, 5.74) is 2.47. The van der Waals surface area contributed by atoms with Crippen molar-refractivity contribution in [2.75, 3.05) is 10.2 Å². The molecule has 3 aromatic carbocycles. The number of hydrogen-bond acceptors (Lipinski definition) is 2. The predicted octanol–water partition coefficient (Wildman–Crippen LogP) is 6.17. The SMILES string of the molecule is O=C(Nc1ccc(Cl)cc1)N1c2ccccc2Sc2ccccc21. The molecule has 3 aromatic rings. The fourth-order valence-corrected chi connectivity index (χ4v) is 3.82. The molecule has 5 heteroatoms. The molecular weight excluding hydrogens is 340 g/mol. The van der Waals surface area contributed by atoms with Crippen molar-refractivity contribution in [3.05, 3.63) is 77.8 Å². The molecule has 0 saturated heterocycles. The second-order valence-corrected chi connectivity index (χ2v) is 6.83. The lowest BCUT2D eigenvalue weighted by Gasteiger charge is -2.31. The lowest BCUT2D eigenvalue weighted by atomic mass is 10.2. The monoisotopic (exact) mass is 352 g/mol. The molecular formula is C19H13ClN2OS. The van der Waals surface area contributed by atoms with E-state index in [9.17, 15) is 4.79 Å². The van der Waals surface area contributed by atoms with E-state index in [4.69, 9.17) is 11.6 Å². The largest absolute Gasteiger partial charge is 0.331 e. The number of anilines is 3. The number of carbonyl (C=O) groups is 1. The zero-order valence-electron chi connectivity index (χ0n) is 12.6. The normalized spacial score (nSPS) is 12.3. The van der Waals surface area contributed by atoms with Gasteiger partial charge in [-0.05, 0) is 48.5 Å². The Labute approximate surface area is 149 Å². The van der Waals surface area contributed by atoms with Gasteiger partial charge in [-0.25, -0.2) is 4.79 Å². The van der Waals surface area contributed by atoms with Crippen LogP contribution in [0.25, 0.3) is 0 Å². The van der Waals surface area contributed by atoms with Crippen molar-refractivity contribution in [1.82, 2.24) is 0 Å². The molecule has 0 aromatic heterocycles. The Morgan fingerprint density at radius 3 is 1.96 bits per heavy atom. The van der Waals surface area contributed by atoms with Crippen LogP contribution in [0.3, 0.4) is 0 Å². The number of hydrogen-bond donors (Lipinski definition) is 1. The van der Waals surface area contributed by atoms with Gasteiger partial charge in [-0.3, -0.25) is 4.90 Å². The molecule has 0 saturated carbocycles.